The van der Waals surface area contributed by atoms with E-state index in [1.54, 1.807) is 0 Å². The predicted octanol–water partition coefficient (Wildman–Crippen LogP) is -0.0605. The Morgan fingerprint density at radius 1 is 1.58 bits per heavy atom. The first-order valence-corrected chi connectivity index (χ1v) is 5.11. The summed E-state index contributed by atoms with van der Waals surface area (Å²) < 4.78 is 25.6. The molecule has 0 N–H and O–H groups in total. The van der Waals surface area contributed by atoms with Crippen LogP contribution in [0.1, 0.15) is 19.3 Å². The molecule has 0 spiro atoms. The second-order valence-electron chi connectivity index (χ2n) is 3.00. The fourth-order valence-corrected chi connectivity index (χ4v) is 1.82. The van der Waals surface area contributed by atoms with Crippen molar-refractivity contribution in [3.63, 3.8) is 0 Å². The summed E-state index contributed by atoms with van der Waals surface area (Å²) in [6, 6.07) is 0. The first-order valence-electron chi connectivity index (χ1n) is 3.86. The zero-order valence-corrected chi connectivity index (χ0v) is 7.75. The van der Waals surface area contributed by atoms with Crippen LogP contribution in [0.25, 0.3) is 0 Å². The standard InChI is InChI=1S/C7H12O4S/c1-11-7(8)6(12(9)10)4-5-2-3-5/h5-6,12H,2-4H2,1H3. The molecular weight excluding hydrogens is 180 g/mol. The first-order chi connectivity index (χ1) is 5.65. The van der Waals surface area contributed by atoms with E-state index in [1.807, 2.05) is 0 Å². The van der Waals surface area contributed by atoms with E-state index >= 15 is 0 Å². The molecule has 1 fully saturated rings. The number of thiol groups is 1. The molecule has 1 saturated carbocycles. The number of ether oxygens (including phenoxy) is 1. The summed E-state index contributed by atoms with van der Waals surface area (Å²) in [5, 5.41) is -0.919. The van der Waals surface area contributed by atoms with Crippen molar-refractivity contribution >= 4 is 16.7 Å². The number of methoxy groups -OCH3 is 1. The van der Waals surface area contributed by atoms with Gasteiger partial charge in [0.25, 0.3) is 0 Å². The van der Waals surface area contributed by atoms with E-state index in [0.29, 0.717) is 12.3 Å². The highest BCUT2D eigenvalue weighted by Crippen LogP contribution is 2.34. The van der Waals surface area contributed by atoms with Crippen molar-refractivity contribution in [2.45, 2.75) is 24.5 Å². The summed E-state index contributed by atoms with van der Waals surface area (Å²) in [6.07, 6.45) is 2.51. The molecule has 0 heterocycles. The van der Waals surface area contributed by atoms with Crippen LogP contribution in [0.4, 0.5) is 0 Å². The second kappa shape index (κ2) is 3.89. The zero-order valence-electron chi connectivity index (χ0n) is 6.86. The van der Waals surface area contributed by atoms with Crippen LogP contribution in [0.5, 0.6) is 0 Å². The summed E-state index contributed by atoms with van der Waals surface area (Å²) in [4.78, 5) is 10.9. The highest BCUT2D eigenvalue weighted by atomic mass is 32.2. The molecule has 70 valence electrons. The number of hydrogen-bond donors (Lipinski definition) is 1. The molecule has 1 rings (SSSR count). The van der Waals surface area contributed by atoms with Gasteiger partial charge in [-0.2, -0.15) is 0 Å². The van der Waals surface area contributed by atoms with Gasteiger partial charge >= 0.3 is 5.97 Å². The zero-order chi connectivity index (χ0) is 9.14. The van der Waals surface area contributed by atoms with Gasteiger partial charge in [-0.05, 0) is 12.3 Å². The molecule has 0 aromatic rings. The van der Waals surface area contributed by atoms with Crippen LogP contribution >= 0.6 is 0 Å². The third-order valence-corrected chi connectivity index (χ3v) is 2.91. The maximum Gasteiger partial charge on any atom is 0.323 e. The average molecular weight is 192 g/mol. The summed E-state index contributed by atoms with van der Waals surface area (Å²) in [5.74, 6) is -0.208. The van der Waals surface area contributed by atoms with Gasteiger partial charge in [0.2, 0.25) is 0 Å². The van der Waals surface area contributed by atoms with E-state index in [0.717, 1.165) is 12.8 Å². The SMILES string of the molecule is COC(=O)C(CC1CC1)[SH](=O)=O. The van der Waals surface area contributed by atoms with Crippen LogP contribution in [0.3, 0.4) is 0 Å². The van der Waals surface area contributed by atoms with E-state index in [1.165, 1.54) is 7.11 Å². The fraction of sp³-hybridized carbons (Fsp3) is 0.857. The molecule has 0 saturated heterocycles. The van der Waals surface area contributed by atoms with Crippen molar-refractivity contribution < 1.29 is 17.9 Å². The van der Waals surface area contributed by atoms with Gasteiger partial charge in [0.15, 0.2) is 16.0 Å². The quantitative estimate of drug-likeness (QED) is 0.500. The minimum atomic E-state index is -2.68. The van der Waals surface area contributed by atoms with Crippen molar-refractivity contribution in [1.82, 2.24) is 0 Å². The predicted molar refractivity (Wildman–Crippen MR) is 43.5 cm³/mol. The number of rotatable bonds is 4. The molecule has 0 aromatic heterocycles. The van der Waals surface area contributed by atoms with Crippen LogP contribution in [0, 0.1) is 5.92 Å². The Balaban J connectivity index is 2.52. The molecule has 1 unspecified atom stereocenters. The van der Waals surface area contributed by atoms with Crippen molar-refractivity contribution in [3.05, 3.63) is 0 Å². The van der Waals surface area contributed by atoms with Gasteiger partial charge in [0, 0.05) is 0 Å². The van der Waals surface area contributed by atoms with Gasteiger partial charge in [-0.25, -0.2) is 8.42 Å². The van der Waals surface area contributed by atoms with E-state index in [-0.39, 0.29) is 0 Å². The minimum absolute atomic E-state index is 0.419. The van der Waals surface area contributed by atoms with Crippen molar-refractivity contribution in [1.29, 1.82) is 0 Å². The largest absolute Gasteiger partial charge is 0.468 e. The second-order valence-corrected chi connectivity index (χ2v) is 4.20. The smallest absolute Gasteiger partial charge is 0.323 e. The summed E-state index contributed by atoms with van der Waals surface area (Å²) in [6.45, 7) is 0. The normalized spacial score (nSPS) is 19.2. The number of carbonyl (C=O) groups excluding carboxylic acids is 1. The van der Waals surface area contributed by atoms with Gasteiger partial charge in [0.1, 0.15) is 0 Å². The highest BCUT2D eigenvalue weighted by molar-refractivity contribution is 7.74. The van der Waals surface area contributed by atoms with Crippen LogP contribution in [0.2, 0.25) is 0 Å². The first kappa shape index (κ1) is 9.51. The molecule has 0 amide bonds. The Kier molecular flexibility index (Phi) is 3.08. The lowest BCUT2D eigenvalue weighted by molar-refractivity contribution is -0.140. The highest BCUT2D eigenvalue weighted by Gasteiger charge is 2.31. The maximum atomic E-state index is 10.9. The van der Waals surface area contributed by atoms with Gasteiger partial charge in [0.05, 0.1) is 7.11 Å². The lowest BCUT2D eigenvalue weighted by atomic mass is 10.2. The third-order valence-electron chi connectivity index (χ3n) is 1.98. The average Bonchev–Trinajstić information content (AvgIpc) is 2.81. The Morgan fingerprint density at radius 3 is 2.50 bits per heavy atom. The molecule has 1 aliphatic carbocycles. The van der Waals surface area contributed by atoms with Crippen LogP contribution in [-0.2, 0) is 20.2 Å². The number of esters is 1. The summed E-state index contributed by atoms with van der Waals surface area (Å²) >= 11 is 0. The monoisotopic (exact) mass is 192 g/mol. The van der Waals surface area contributed by atoms with Crippen LogP contribution in [0.15, 0.2) is 0 Å². The Labute approximate surface area is 72.9 Å². The molecule has 4 nitrogen and oxygen atoms in total. The summed E-state index contributed by atoms with van der Waals surface area (Å²) in [7, 11) is -1.47. The maximum absolute atomic E-state index is 10.9. The lowest BCUT2D eigenvalue weighted by Crippen LogP contribution is -2.24. The number of carbonyl (C=O) groups is 1. The summed E-state index contributed by atoms with van der Waals surface area (Å²) in [5.41, 5.74) is 0. The molecular formula is C7H12O4S. The molecule has 0 bridgehead atoms. The lowest BCUT2D eigenvalue weighted by Gasteiger charge is -2.05. The van der Waals surface area contributed by atoms with E-state index in [2.05, 4.69) is 4.74 Å². The van der Waals surface area contributed by atoms with Crippen molar-refractivity contribution in [3.8, 4) is 0 Å². The third kappa shape index (κ3) is 2.48. The molecule has 12 heavy (non-hydrogen) atoms. The topological polar surface area (TPSA) is 60.4 Å². The van der Waals surface area contributed by atoms with Gasteiger partial charge in [-0.3, -0.25) is 4.79 Å². The van der Waals surface area contributed by atoms with Crippen molar-refractivity contribution in [2.24, 2.45) is 5.92 Å². The van der Waals surface area contributed by atoms with E-state index in [4.69, 9.17) is 0 Å². The Morgan fingerprint density at radius 2 is 2.17 bits per heavy atom. The Hall–Kier alpha value is -0.580. The molecule has 0 aromatic carbocycles. The molecule has 1 atom stereocenters. The van der Waals surface area contributed by atoms with Gasteiger partial charge in [-0.1, -0.05) is 12.8 Å². The van der Waals surface area contributed by atoms with E-state index < -0.39 is 21.9 Å². The van der Waals surface area contributed by atoms with Crippen LogP contribution in [-0.4, -0.2) is 26.7 Å². The molecule has 0 radical (unpaired) electrons. The Bertz CT molecular complexity index is 234. The fourth-order valence-electron chi connectivity index (χ4n) is 1.07. The van der Waals surface area contributed by atoms with Crippen molar-refractivity contribution in [2.75, 3.05) is 7.11 Å². The minimum Gasteiger partial charge on any atom is -0.468 e. The van der Waals surface area contributed by atoms with E-state index in [9.17, 15) is 13.2 Å². The molecule has 0 aliphatic heterocycles. The van der Waals surface area contributed by atoms with Gasteiger partial charge in [-0.15, -0.1) is 0 Å². The molecule has 1 aliphatic rings. The van der Waals surface area contributed by atoms with Gasteiger partial charge < -0.3 is 4.74 Å². The molecule has 5 heteroatoms. The number of hydrogen-bond acceptors (Lipinski definition) is 4. The van der Waals surface area contributed by atoms with Crippen LogP contribution < -0.4 is 0 Å².